The number of esters is 2. The first-order valence-electron chi connectivity index (χ1n) is 8.93. The van der Waals surface area contributed by atoms with Crippen molar-refractivity contribution in [2.45, 2.75) is 33.2 Å². The lowest BCUT2D eigenvalue weighted by molar-refractivity contribution is -0.159. The van der Waals surface area contributed by atoms with Crippen LogP contribution in [0.2, 0.25) is 0 Å². The average Bonchev–Trinajstić information content (AvgIpc) is 2.64. The number of carboxylic acid groups (broad SMARTS) is 1. The number of aliphatic carboxylic acids is 1. The van der Waals surface area contributed by atoms with E-state index in [9.17, 15) is 29.1 Å². The Morgan fingerprint density at radius 3 is 2.21 bits per heavy atom. The number of carbonyl (C=O) groups is 5. The lowest BCUT2D eigenvalue weighted by Crippen LogP contribution is -2.49. The number of ether oxygens (including phenoxy) is 2. The van der Waals surface area contributed by atoms with Gasteiger partial charge >= 0.3 is 17.9 Å². The zero-order valence-electron chi connectivity index (χ0n) is 16.4. The summed E-state index contributed by atoms with van der Waals surface area (Å²) in [7, 11) is 0. The van der Waals surface area contributed by atoms with Gasteiger partial charge in [0.1, 0.15) is 6.04 Å². The Bertz CT molecular complexity index is 777. The van der Waals surface area contributed by atoms with Crippen LogP contribution >= 0.6 is 0 Å². The highest BCUT2D eigenvalue weighted by atomic mass is 16.5. The molecule has 0 aliphatic heterocycles. The van der Waals surface area contributed by atoms with Crippen molar-refractivity contribution in [2.24, 2.45) is 5.92 Å². The molecule has 0 spiro atoms. The maximum Gasteiger partial charge on any atom is 0.327 e. The first-order chi connectivity index (χ1) is 13.7. The number of rotatable bonds is 10. The molecule has 0 heterocycles. The minimum Gasteiger partial charge on any atom is -0.480 e. The molecule has 1 aromatic carbocycles. The highest BCUT2D eigenvalue weighted by Crippen LogP contribution is 2.18. The van der Waals surface area contributed by atoms with Gasteiger partial charge in [-0.25, -0.2) is 4.79 Å². The predicted octanol–water partition coefficient (Wildman–Crippen LogP) is 0.960. The van der Waals surface area contributed by atoms with E-state index in [4.69, 9.17) is 9.47 Å². The van der Waals surface area contributed by atoms with Gasteiger partial charge in [-0.2, -0.15) is 0 Å². The van der Waals surface area contributed by atoms with Crippen LogP contribution < -0.4 is 10.6 Å². The summed E-state index contributed by atoms with van der Waals surface area (Å²) in [6.07, 6.45) is -0.586. The van der Waals surface area contributed by atoms with Gasteiger partial charge in [0.15, 0.2) is 0 Å². The van der Waals surface area contributed by atoms with Gasteiger partial charge in [-0.15, -0.1) is 0 Å². The average molecular weight is 408 g/mol. The van der Waals surface area contributed by atoms with E-state index >= 15 is 0 Å². The molecule has 0 unspecified atom stereocenters. The fourth-order valence-corrected chi connectivity index (χ4v) is 2.52. The molecule has 0 saturated heterocycles. The minimum atomic E-state index is -1.75. The van der Waals surface area contributed by atoms with Crippen LogP contribution in [-0.4, -0.2) is 54.1 Å². The molecule has 158 valence electrons. The van der Waals surface area contributed by atoms with Gasteiger partial charge in [-0.3, -0.25) is 19.2 Å². The summed E-state index contributed by atoms with van der Waals surface area (Å²) < 4.78 is 9.64. The number of hydrogen-bond donors (Lipinski definition) is 3. The normalized spacial score (nSPS) is 12.2. The molecule has 1 aromatic rings. The highest BCUT2D eigenvalue weighted by Gasteiger charge is 2.38. The molecule has 3 N–H and O–H groups in total. The molecule has 0 aliphatic rings. The topological polar surface area (TPSA) is 148 Å². The Morgan fingerprint density at radius 1 is 1.03 bits per heavy atom. The van der Waals surface area contributed by atoms with Gasteiger partial charge in [0, 0.05) is 6.92 Å². The van der Waals surface area contributed by atoms with Crippen molar-refractivity contribution in [3.05, 3.63) is 29.8 Å². The van der Waals surface area contributed by atoms with Gasteiger partial charge < -0.3 is 25.2 Å². The number of para-hydroxylation sites is 1. The third-order valence-electron chi connectivity index (χ3n) is 3.72. The second-order valence-corrected chi connectivity index (χ2v) is 5.88. The summed E-state index contributed by atoms with van der Waals surface area (Å²) in [5.74, 6) is -6.05. The molecule has 29 heavy (non-hydrogen) atoms. The monoisotopic (exact) mass is 408 g/mol. The molecule has 0 fully saturated rings. The molecule has 2 amide bonds. The number of nitrogens with one attached hydrogen (secondary N) is 2. The maximum atomic E-state index is 12.7. The van der Waals surface area contributed by atoms with Crippen molar-refractivity contribution in [3.8, 4) is 0 Å². The lowest BCUT2D eigenvalue weighted by Gasteiger charge is -2.23. The van der Waals surface area contributed by atoms with E-state index in [1.807, 2.05) is 0 Å². The summed E-state index contributed by atoms with van der Waals surface area (Å²) in [5, 5.41) is 14.3. The van der Waals surface area contributed by atoms with Crippen LogP contribution in [0.4, 0.5) is 5.69 Å². The Kier molecular flexibility index (Phi) is 9.30. The molecular weight excluding hydrogens is 384 g/mol. The quantitative estimate of drug-likeness (QED) is 0.485. The summed E-state index contributed by atoms with van der Waals surface area (Å²) in [4.78, 5) is 59.9. The van der Waals surface area contributed by atoms with Crippen LogP contribution in [0.15, 0.2) is 24.3 Å². The van der Waals surface area contributed by atoms with Crippen LogP contribution in [0.1, 0.15) is 37.6 Å². The van der Waals surface area contributed by atoms with Crippen LogP contribution in [0.25, 0.3) is 0 Å². The molecule has 0 aliphatic carbocycles. The standard InChI is InChI=1S/C19H24N2O8/c1-4-28-15(23)10-13(19(27)29-5-2)16(18(25)26)21-17(24)12-8-6-7-9-14(12)20-11(3)22/h6-9,13,16H,4-5,10H2,1-3H3,(H,20,22)(H,21,24)(H,25,26)/t13-,16+/m1/s1. The van der Waals surface area contributed by atoms with E-state index in [1.54, 1.807) is 13.0 Å². The zero-order valence-corrected chi connectivity index (χ0v) is 16.4. The summed E-state index contributed by atoms with van der Waals surface area (Å²) in [5.41, 5.74) is 0.160. The first-order valence-corrected chi connectivity index (χ1v) is 8.93. The number of benzene rings is 1. The molecule has 2 atom stereocenters. The summed E-state index contributed by atoms with van der Waals surface area (Å²) in [6.45, 7) is 4.35. The van der Waals surface area contributed by atoms with Gasteiger partial charge in [-0.1, -0.05) is 12.1 Å². The van der Waals surface area contributed by atoms with E-state index < -0.39 is 48.1 Å². The largest absolute Gasteiger partial charge is 0.480 e. The Balaban J connectivity index is 3.17. The van der Waals surface area contributed by atoms with Crippen LogP contribution in [0.5, 0.6) is 0 Å². The number of carboxylic acids is 1. The Hall–Kier alpha value is -3.43. The van der Waals surface area contributed by atoms with Gasteiger partial charge in [0.25, 0.3) is 5.91 Å². The highest BCUT2D eigenvalue weighted by molar-refractivity contribution is 6.05. The van der Waals surface area contributed by atoms with E-state index in [-0.39, 0.29) is 24.5 Å². The third kappa shape index (κ3) is 7.24. The van der Waals surface area contributed by atoms with Crippen molar-refractivity contribution in [1.29, 1.82) is 0 Å². The SMILES string of the molecule is CCOC(=O)C[C@@H](C(=O)OCC)[C@H](NC(=O)c1ccccc1NC(C)=O)C(=O)O. The fourth-order valence-electron chi connectivity index (χ4n) is 2.52. The lowest BCUT2D eigenvalue weighted by atomic mass is 9.95. The summed E-state index contributed by atoms with van der Waals surface area (Å²) in [6, 6.07) is 4.20. The molecule has 0 aromatic heterocycles. The second kappa shape index (κ2) is 11.4. The van der Waals surface area contributed by atoms with Crippen molar-refractivity contribution in [1.82, 2.24) is 5.32 Å². The van der Waals surface area contributed by atoms with Gasteiger partial charge in [-0.05, 0) is 26.0 Å². The molecule has 10 heteroatoms. The summed E-state index contributed by atoms with van der Waals surface area (Å²) >= 11 is 0. The second-order valence-electron chi connectivity index (χ2n) is 5.88. The van der Waals surface area contributed by atoms with Gasteiger partial charge in [0.05, 0.1) is 36.8 Å². The van der Waals surface area contributed by atoms with E-state index in [1.165, 1.54) is 32.0 Å². The first kappa shape index (κ1) is 23.6. The maximum absolute atomic E-state index is 12.7. The van der Waals surface area contributed by atoms with Crippen molar-refractivity contribution in [2.75, 3.05) is 18.5 Å². The fraction of sp³-hybridized carbons (Fsp3) is 0.421. The van der Waals surface area contributed by atoms with Crippen LogP contribution in [0, 0.1) is 5.92 Å². The van der Waals surface area contributed by atoms with Crippen LogP contribution in [-0.2, 0) is 28.7 Å². The van der Waals surface area contributed by atoms with E-state index in [0.29, 0.717) is 0 Å². The van der Waals surface area contributed by atoms with E-state index in [2.05, 4.69) is 10.6 Å². The van der Waals surface area contributed by atoms with Crippen LogP contribution in [0.3, 0.4) is 0 Å². The molecular formula is C19H24N2O8. The van der Waals surface area contributed by atoms with Crippen molar-refractivity contribution >= 4 is 35.4 Å². The number of anilines is 1. The predicted molar refractivity (Wildman–Crippen MR) is 101 cm³/mol. The number of hydrogen-bond acceptors (Lipinski definition) is 7. The molecule has 0 bridgehead atoms. The Morgan fingerprint density at radius 2 is 1.66 bits per heavy atom. The van der Waals surface area contributed by atoms with Gasteiger partial charge in [0.2, 0.25) is 5.91 Å². The molecule has 0 saturated carbocycles. The molecule has 0 radical (unpaired) electrons. The third-order valence-corrected chi connectivity index (χ3v) is 3.72. The smallest absolute Gasteiger partial charge is 0.327 e. The minimum absolute atomic E-state index is 0.00677. The molecule has 10 nitrogen and oxygen atoms in total. The van der Waals surface area contributed by atoms with E-state index in [0.717, 1.165) is 0 Å². The van der Waals surface area contributed by atoms with Crippen molar-refractivity contribution < 1.29 is 38.6 Å². The molecule has 1 rings (SSSR count). The number of carbonyl (C=O) groups excluding carboxylic acids is 4. The van der Waals surface area contributed by atoms with Crippen molar-refractivity contribution in [3.63, 3.8) is 0 Å². The Labute approximate surface area is 167 Å². The zero-order chi connectivity index (χ0) is 22.0. The number of amides is 2.